The Morgan fingerprint density at radius 1 is 1.08 bits per heavy atom. The minimum Gasteiger partial charge on any atom is -0.472 e. The van der Waals surface area contributed by atoms with Gasteiger partial charge in [-0.2, -0.15) is 13.2 Å². The van der Waals surface area contributed by atoms with Crippen LogP contribution < -0.4 is 4.72 Å². The Labute approximate surface area is 147 Å². The Kier molecular flexibility index (Phi) is 4.84. The number of nitrogens with one attached hydrogen (secondary N) is 1. The zero-order valence-electron chi connectivity index (χ0n) is 13.2. The van der Waals surface area contributed by atoms with Gasteiger partial charge in [0, 0.05) is 30.1 Å². The highest BCUT2D eigenvalue weighted by Crippen LogP contribution is 2.33. The third kappa shape index (κ3) is 3.94. The van der Waals surface area contributed by atoms with E-state index in [9.17, 15) is 21.6 Å². The van der Waals surface area contributed by atoms with Gasteiger partial charge < -0.3 is 4.42 Å². The molecule has 136 valence electrons. The molecule has 0 aliphatic heterocycles. The molecule has 0 saturated heterocycles. The molecule has 0 atom stereocenters. The molecule has 0 unspecified atom stereocenters. The summed E-state index contributed by atoms with van der Waals surface area (Å²) >= 11 is 0. The lowest BCUT2D eigenvalue weighted by Gasteiger charge is -2.13. The second kappa shape index (κ2) is 6.93. The summed E-state index contributed by atoms with van der Waals surface area (Å²) in [5.41, 5.74) is 0.741. The molecule has 3 aromatic rings. The Bertz CT molecular complexity index is 1000. The van der Waals surface area contributed by atoms with E-state index in [-0.39, 0.29) is 6.54 Å². The van der Waals surface area contributed by atoms with Gasteiger partial charge in [0.15, 0.2) is 0 Å². The van der Waals surface area contributed by atoms with Crippen molar-refractivity contribution in [2.45, 2.75) is 17.6 Å². The zero-order valence-corrected chi connectivity index (χ0v) is 14.0. The average molecular weight is 382 g/mol. The van der Waals surface area contributed by atoms with Crippen LogP contribution in [0.2, 0.25) is 0 Å². The first-order valence-electron chi connectivity index (χ1n) is 7.40. The summed E-state index contributed by atoms with van der Waals surface area (Å²) < 4.78 is 71.0. The number of hydrogen-bond acceptors (Lipinski definition) is 4. The number of rotatable bonds is 5. The molecule has 3 rings (SSSR count). The normalized spacial score (nSPS) is 12.3. The van der Waals surface area contributed by atoms with Crippen LogP contribution in [-0.4, -0.2) is 13.4 Å². The Morgan fingerprint density at radius 3 is 2.54 bits per heavy atom. The number of furan rings is 1. The third-order valence-electron chi connectivity index (χ3n) is 3.60. The molecule has 2 heterocycles. The van der Waals surface area contributed by atoms with Crippen molar-refractivity contribution in [3.63, 3.8) is 0 Å². The predicted molar refractivity (Wildman–Crippen MR) is 87.4 cm³/mol. The number of alkyl halides is 3. The van der Waals surface area contributed by atoms with Crippen LogP contribution in [-0.2, 0) is 22.7 Å². The molecule has 0 spiro atoms. The molecule has 26 heavy (non-hydrogen) atoms. The van der Waals surface area contributed by atoms with Crippen molar-refractivity contribution >= 4 is 10.0 Å². The van der Waals surface area contributed by atoms with E-state index in [1.165, 1.54) is 24.8 Å². The van der Waals surface area contributed by atoms with Gasteiger partial charge >= 0.3 is 6.18 Å². The summed E-state index contributed by atoms with van der Waals surface area (Å²) in [5.74, 6) is 0. The van der Waals surface area contributed by atoms with E-state index in [1.54, 1.807) is 18.3 Å². The van der Waals surface area contributed by atoms with Crippen LogP contribution in [0.5, 0.6) is 0 Å². The zero-order chi connectivity index (χ0) is 18.8. The topological polar surface area (TPSA) is 72.2 Å². The average Bonchev–Trinajstić information content (AvgIpc) is 3.14. The molecule has 0 saturated carbocycles. The first-order chi connectivity index (χ1) is 12.3. The maximum absolute atomic E-state index is 13.0. The molecule has 0 aliphatic carbocycles. The van der Waals surface area contributed by atoms with E-state index >= 15 is 0 Å². The van der Waals surface area contributed by atoms with E-state index in [1.807, 2.05) is 0 Å². The number of sulfonamides is 1. The summed E-state index contributed by atoms with van der Waals surface area (Å²) in [5, 5.41) is 0. The molecule has 0 radical (unpaired) electrons. The second-order valence-electron chi connectivity index (χ2n) is 5.41. The maximum atomic E-state index is 13.0. The standard InChI is InChI=1S/C17H13F3N2O3S/c18-17(19,20)15-3-1-2-4-16(15)26(23,24)22-9-12-7-14(10-21-8-12)13-5-6-25-11-13/h1-8,10-11,22H,9H2. The van der Waals surface area contributed by atoms with Crippen molar-refractivity contribution in [1.29, 1.82) is 0 Å². The first-order valence-corrected chi connectivity index (χ1v) is 8.88. The Morgan fingerprint density at radius 2 is 1.85 bits per heavy atom. The molecule has 9 heteroatoms. The molecular formula is C17H13F3N2O3S. The molecule has 0 aliphatic rings. The molecule has 1 aromatic carbocycles. The van der Waals surface area contributed by atoms with Crippen LogP contribution in [0.25, 0.3) is 11.1 Å². The molecule has 0 bridgehead atoms. The number of aromatic nitrogens is 1. The molecule has 5 nitrogen and oxygen atoms in total. The Balaban J connectivity index is 1.83. The molecular weight excluding hydrogens is 369 g/mol. The largest absolute Gasteiger partial charge is 0.472 e. The number of nitrogens with zero attached hydrogens (tertiary/aromatic N) is 1. The van der Waals surface area contributed by atoms with Gasteiger partial charge in [0.1, 0.15) is 0 Å². The van der Waals surface area contributed by atoms with Crippen molar-refractivity contribution in [2.75, 3.05) is 0 Å². The highest BCUT2D eigenvalue weighted by atomic mass is 32.2. The summed E-state index contributed by atoms with van der Waals surface area (Å²) in [6, 6.07) is 7.42. The SMILES string of the molecule is O=S(=O)(NCc1cncc(-c2ccoc2)c1)c1ccccc1C(F)(F)F. The van der Waals surface area contributed by atoms with Gasteiger partial charge in [0.05, 0.1) is 23.0 Å². The summed E-state index contributed by atoms with van der Waals surface area (Å²) in [6.45, 7) is -0.201. The van der Waals surface area contributed by atoms with E-state index in [4.69, 9.17) is 4.42 Å². The molecule has 0 fully saturated rings. The van der Waals surface area contributed by atoms with Crippen LogP contribution in [0.4, 0.5) is 13.2 Å². The van der Waals surface area contributed by atoms with Crippen LogP contribution in [0.1, 0.15) is 11.1 Å². The second-order valence-corrected chi connectivity index (χ2v) is 7.15. The summed E-state index contributed by atoms with van der Waals surface area (Å²) in [4.78, 5) is 3.20. The minimum atomic E-state index is -4.77. The molecule has 1 N–H and O–H groups in total. The van der Waals surface area contributed by atoms with Gasteiger partial charge in [0.25, 0.3) is 0 Å². The van der Waals surface area contributed by atoms with E-state index in [0.29, 0.717) is 11.1 Å². The van der Waals surface area contributed by atoms with Crippen LogP contribution in [0, 0.1) is 0 Å². The number of halogens is 3. The van der Waals surface area contributed by atoms with Gasteiger partial charge in [-0.3, -0.25) is 4.98 Å². The smallest absolute Gasteiger partial charge is 0.417 e. The number of hydrogen-bond donors (Lipinski definition) is 1. The quantitative estimate of drug-likeness (QED) is 0.728. The Hall–Kier alpha value is -2.65. The van der Waals surface area contributed by atoms with Gasteiger partial charge in [-0.1, -0.05) is 12.1 Å². The molecule has 2 aromatic heterocycles. The summed E-state index contributed by atoms with van der Waals surface area (Å²) in [7, 11) is -4.36. The predicted octanol–water partition coefficient (Wildman–Crippen LogP) is 3.84. The fourth-order valence-corrected chi connectivity index (χ4v) is 3.61. The lowest BCUT2D eigenvalue weighted by molar-refractivity contribution is -0.139. The number of pyridine rings is 1. The van der Waals surface area contributed by atoms with Crippen LogP contribution in [0.15, 0.2) is 70.6 Å². The lowest BCUT2D eigenvalue weighted by Crippen LogP contribution is -2.26. The van der Waals surface area contributed by atoms with Crippen molar-refractivity contribution < 1.29 is 26.0 Å². The van der Waals surface area contributed by atoms with E-state index in [2.05, 4.69) is 9.71 Å². The van der Waals surface area contributed by atoms with Crippen molar-refractivity contribution in [3.05, 3.63) is 72.4 Å². The van der Waals surface area contributed by atoms with E-state index < -0.39 is 26.7 Å². The fourth-order valence-electron chi connectivity index (χ4n) is 2.36. The van der Waals surface area contributed by atoms with Crippen LogP contribution in [0.3, 0.4) is 0 Å². The summed E-state index contributed by atoms with van der Waals surface area (Å²) in [6.07, 6.45) is 1.22. The number of benzene rings is 1. The molecule has 0 amide bonds. The van der Waals surface area contributed by atoms with Gasteiger partial charge in [-0.25, -0.2) is 13.1 Å². The highest BCUT2D eigenvalue weighted by Gasteiger charge is 2.36. The van der Waals surface area contributed by atoms with Crippen molar-refractivity contribution in [3.8, 4) is 11.1 Å². The fraction of sp³-hybridized carbons (Fsp3) is 0.118. The lowest BCUT2D eigenvalue weighted by atomic mass is 10.1. The van der Waals surface area contributed by atoms with Crippen molar-refractivity contribution in [2.24, 2.45) is 0 Å². The van der Waals surface area contributed by atoms with E-state index in [0.717, 1.165) is 23.8 Å². The van der Waals surface area contributed by atoms with Crippen molar-refractivity contribution in [1.82, 2.24) is 9.71 Å². The monoisotopic (exact) mass is 382 g/mol. The maximum Gasteiger partial charge on any atom is 0.417 e. The van der Waals surface area contributed by atoms with Crippen LogP contribution >= 0.6 is 0 Å². The highest BCUT2D eigenvalue weighted by molar-refractivity contribution is 7.89. The van der Waals surface area contributed by atoms with Gasteiger partial charge in [0.2, 0.25) is 10.0 Å². The van der Waals surface area contributed by atoms with Gasteiger partial charge in [-0.15, -0.1) is 0 Å². The van der Waals surface area contributed by atoms with Gasteiger partial charge in [-0.05, 0) is 29.8 Å². The first kappa shape index (κ1) is 18.2. The minimum absolute atomic E-state index is 0.201. The third-order valence-corrected chi connectivity index (χ3v) is 5.06.